The first-order chi connectivity index (χ1) is 16.4. The zero-order valence-corrected chi connectivity index (χ0v) is 18.0. The number of rotatable bonds is 4. The van der Waals surface area contributed by atoms with Crippen LogP contribution >= 0.6 is 0 Å². The van der Waals surface area contributed by atoms with Gasteiger partial charge in [-0.2, -0.15) is 0 Å². The molecule has 1 saturated heterocycles. The number of nitrogens with one attached hydrogen (secondary N) is 1. The Morgan fingerprint density at radius 3 is 2.50 bits per heavy atom. The summed E-state index contributed by atoms with van der Waals surface area (Å²) >= 11 is 0. The third-order valence-electron chi connectivity index (χ3n) is 5.89. The van der Waals surface area contributed by atoms with Crippen molar-refractivity contribution in [2.24, 2.45) is 0 Å². The van der Waals surface area contributed by atoms with E-state index < -0.39 is 23.0 Å². The smallest absolute Gasteiger partial charge is 0.254 e. The van der Waals surface area contributed by atoms with E-state index in [1.165, 1.54) is 6.20 Å². The van der Waals surface area contributed by atoms with Gasteiger partial charge >= 0.3 is 0 Å². The summed E-state index contributed by atoms with van der Waals surface area (Å²) in [4.78, 5) is 34.6. The van der Waals surface area contributed by atoms with Crippen LogP contribution in [0.5, 0.6) is 0 Å². The highest BCUT2D eigenvalue weighted by Gasteiger charge is 2.24. The molecule has 5 rings (SSSR count). The average Bonchev–Trinajstić information content (AvgIpc) is 3.30. The van der Waals surface area contributed by atoms with Gasteiger partial charge in [0.05, 0.1) is 24.5 Å². The lowest BCUT2D eigenvalue weighted by atomic mass is 9.99. The van der Waals surface area contributed by atoms with Gasteiger partial charge in [-0.1, -0.05) is 12.1 Å². The number of fused-ring (bicyclic) bond motifs is 1. The summed E-state index contributed by atoms with van der Waals surface area (Å²) in [6.45, 7) is 2.16. The molecular formula is C25H20F2N4O3. The second-order valence-corrected chi connectivity index (χ2v) is 7.96. The Bertz CT molecular complexity index is 1410. The Balaban J connectivity index is 1.47. The molecule has 0 atom stereocenters. The van der Waals surface area contributed by atoms with Crippen molar-refractivity contribution in [2.45, 2.75) is 0 Å². The molecule has 0 radical (unpaired) electrons. The number of H-pyrrole nitrogens is 1. The molecule has 7 nitrogen and oxygen atoms in total. The third kappa shape index (κ3) is 3.80. The Hall–Kier alpha value is -4.11. The molecule has 9 heteroatoms. The molecule has 1 fully saturated rings. The number of morpholine rings is 1. The van der Waals surface area contributed by atoms with Crippen LogP contribution in [0.1, 0.15) is 26.3 Å². The minimum atomic E-state index is -1.09. The average molecular weight is 462 g/mol. The molecule has 0 unspecified atom stereocenters. The molecule has 3 N–H and O–H groups in total. The number of ether oxygens (including phenoxy) is 1. The normalized spacial score (nSPS) is 13.9. The monoisotopic (exact) mass is 462 g/mol. The highest BCUT2D eigenvalue weighted by atomic mass is 19.1. The van der Waals surface area contributed by atoms with Crippen LogP contribution in [0.2, 0.25) is 0 Å². The molecule has 172 valence electrons. The number of aromatic amines is 1. The van der Waals surface area contributed by atoms with Crippen LogP contribution < -0.4 is 5.73 Å². The zero-order valence-electron chi connectivity index (χ0n) is 18.0. The molecule has 1 amide bonds. The Labute approximate surface area is 193 Å². The summed E-state index contributed by atoms with van der Waals surface area (Å²) in [7, 11) is 0. The summed E-state index contributed by atoms with van der Waals surface area (Å²) in [5.41, 5.74) is 6.99. The highest BCUT2D eigenvalue weighted by molar-refractivity contribution is 6.16. The van der Waals surface area contributed by atoms with Crippen molar-refractivity contribution in [3.8, 4) is 11.1 Å². The van der Waals surface area contributed by atoms with Crippen molar-refractivity contribution >= 4 is 28.4 Å². The number of pyridine rings is 1. The fourth-order valence-corrected chi connectivity index (χ4v) is 4.01. The van der Waals surface area contributed by atoms with Gasteiger partial charge in [0, 0.05) is 47.6 Å². The molecule has 2 aromatic carbocycles. The number of nitrogen functional groups attached to an aromatic ring is 1. The van der Waals surface area contributed by atoms with Gasteiger partial charge in [0.2, 0.25) is 5.78 Å². The zero-order chi connectivity index (χ0) is 23.8. The van der Waals surface area contributed by atoms with Gasteiger partial charge in [-0.3, -0.25) is 9.59 Å². The van der Waals surface area contributed by atoms with E-state index in [-0.39, 0.29) is 17.2 Å². The number of benzene rings is 2. The van der Waals surface area contributed by atoms with E-state index in [4.69, 9.17) is 10.5 Å². The number of hydrogen-bond donors (Lipinski definition) is 2. The van der Waals surface area contributed by atoms with Crippen molar-refractivity contribution in [1.29, 1.82) is 0 Å². The van der Waals surface area contributed by atoms with Gasteiger partial charge in [-0.05, 0) is 35.9 Å². The molecule has 0 saturated carbocycles. The van der Waals surface area contributed by atoms with E-state index in [1.54, 1.807) is 41.4 Å². The lowest BCUT2D eigenvalue weighted by Crippen LogP contribution is -2.40. The Kier molecular flexibility index (Phi) is 5.54. The summed E-state index contributed by atoms with van der Waals surface area (Å²) in [5.74, 6) is -2.98. The maximum absolute atomic E-state index is 14.4. The van der Waals surface area contributed by atoms with Crippen LogP contribution in [-0.4, -0.2) is 52.9 Å². The molecule has 3 heterocycles. The van der Waals surface area contributed by atoms with Crippen LogP contribution in [0.4, 0.5) is 14.5 Å². The summed E-state index contributed by atoms with van der Waals surface area (Å²) in [5, 5.41) is 0.414. The summed E-state index contributed by atoms with van der Waals surface area (Å²) < 4.78 is 34.0. The molecule has 1 aliphatic heterocycles. The van der Waals surface area contributed by atoms with Crippen LogP contribution in [0.25, 0.3) is 22.2 Å². The van der Waals surface area contributed by atoms with Crippen LogP contribution in [0, 0.1) is 11.6 Å². The molecule has 2 aromatic heterocycles. The molecule has 34 heavy (non-hydrogen) atoms. The Morgan fingerprint density at radius 2 is 1.76 bits per heavy atom. The minimum Gasteiger partial charge on any atom is -0.396 e. The first-order valence-corrected chi connectivity index (χ1v) is 10.7. The lowest BCUT2D eigenvalue weighted by Gasteiger charge is -2.26. The second kappa shape index (κ2) is 8.68. The van der Waals surface area contributed by atoms with Crippen molar-refractivity contribution in [1.82, 2.24) is 14.9 Å². The van der Waals surface area contributed by atoms with Gasteiger partial charge in [-0.15, -0.1) is 0 Å². The van der Waals surface area contributed by atoms with E-state index in [1.807, 2.05) is 0 Å². The number of anilines is 1. The van der Waals surface area contributed by atoms with Crippen LogP contribution in [0.3, 0.4) is 0 Å². The second-order valence-electron chi connectivity index (χ2n) is 7.96. The fourth-order valence-electron chi connectivity index (χ4n) is 4.01. The van der Waals surface area contributed by atoms with E-state index in [9.17, 15) is 18.4 Å². The van der Waals surface area contributed by atoms with E-state index in [2.05, 4.69) is 9.97 Å². The van der Waals surface area contributed by atoms with Gasteiger partial charge in [0.1, 0.15) is 11.5 Å². The molecule has 0 spiro atoms. The van der Waals surface area contributed by atoms with Gasteiger partial charge in [-0.25, -0.2) is 13.8 Å². The number of nitrogens with two attached hydrogens (primary N) is 1. The maximum Gasteiger partial charge on any atom is 0.254 e. The number of ketones is 1. The number of hydrogen-bond acceptors (Lipinski definition) is 5. The minimum absolute atomic E-state index is 0.0619. The third-order valence-corrected chi connectivity index (χ3v) is 5.89. The standard InChI is InChI=1S/C25H20F2N4O3/c26-19-5-6-20(28)22(27)21(19)23(32)18-13-30-24-17(18)11-16(12-29-24)14-1-3-15(4-2-14)25(33)31-7-9-34-10-8-31/h1-6,11-13H,7-10,28H2,(H,29,30). The first-order valence-electron chi connectivity index (χ1n) is 10.7. The Morgan fingerprint density at radius 1 is 1.03 bits per heavy atom. The van der Waals surface area contributed by atoms with Gasteiger partial charge in [0.15, 0.2) is 5.82 Å². The summed E-state index contributed by atoms with van der Waals surface area (Å²) in [6.07, 6.45) is 2.99. The number of carbonyl (C=O) groups excluding carboxylic acids is 2. The molecule has 4 aromatic rings. The van der Waals surface area contributed by atoms with Crippen molar-refractivity contribution in [2.75, 3.05) is 32.0 Å². The molecular weight excluding hydrogens is 442 g/mol. The van der Waals surface area contributed by atoms with Crippen molar-refractivity contribution in [3.63, 3.8) is 0 Å². The topological polar surface area (TPSA) is 101 Å². The predicted molar refractivity (Wildman–Crippen MR) is 122 cm³/mol. The number of aromatic nitrogens is 2. The van der Waals surface area contributed by atoms with Crippen LogP contribution in [0.15, 0.2) is 54.9 Å². The lowest BCUT2D eigenvalue weighted by molar-refractivity contribution is 0.0303. The molecule has 0 aliphatic carbocycles. The van der Waals surface area contributed by atoms with E-state index in [0.29, 0.717) is 48.5 Å². The van der Waals surface area contributed by atoms with Crippen LogP contribution in [-0.2, 0) is 4.74 Å². The van der Waals surface area contributed by atoms with Crippen molar-refractivity contribution < 1.29 is 23.1 Å². The number of halogens is 2. The van der Waals surface area contributed by atoms with E-state index in [0.717, 1.165) is 17.7 Å². The molecule has 1 aliphatic rings. The first kappa shape index (κ1) is 21.7. The van der Waals surface area contributed by atoms with Gasteiger partial charge < -0.3 is 20.4 Å². The van der Waals surface area contributed by atoms with Crippen molar-refractivity contribution in [3.05, 3.63) is 83.2 Å². The maximum atomic E-state index is 14.4. The number of amides is 1. The summed E-state index contributed by atoms with van der Waals surface area (Å²) in [6, 6.07) is 10.8. The number of nitrogens with zero attached hydrogens (tertiary/aromatic N) is 2. The highest BCUT2D eigenvalue weighted by Crippen LogP contribution is 2.29. The largest absolute Gasteiger partial charge is 0.396 e. The quantitative estimate of drug-likeness (QED) is 0.355. The SMILES string of the molecule is Nc1ccc(F)c(C(=O)c2c[nH]c3ncc(-c4ccc(C(=O)N5CCOCC5)cc4)cc23)c1F. The van der Waals surface area contributed by atoms with E-state index >= 15 is 0 Å². The molecule has 0 bridgehead atoms. The predicted octanol–water partition coefficient (Wildman–Crippen LogP) is 3.79. The number of carbonyl (C=O) groups is 2. The van der Waals surface area contributed by atoms with Gasteiger partial charge in [0.25, 0.3) is 5.91 Å². The fraction of sp³-hybridized carbons (Fsp3) is 0.160.